The second kappa shape index (κ2) is 14.0. The molecule has 15 heteroatoms. The molecule has 0 aliphatic heterocycles. The van der Waals surface area contributed by atoms with Gasteiger partial charge in [0.2, 0.25) is 29.5 Å². The Kier molecular flexibility index (Phi) is 12.6. The number of aliphatic hydroxyl groups is 2. The zero-order valence-electron chi connectivity index (χ0n) is 18.3. The molecule has 0 aromatic rings. The molecule has 33 heavy (non-hydrogen) atoms. The Labute approximate surface area is 189 Å². The number of nitrogens with one attached hydrogen (secondary N) is 3. The van der Waals surface area contributed by atoms with Crippen LogP contribution in [0.25, 0.3) is 0 Å². The first-order valence-electron chi connectivity index (χ1n) is 9.99. The number of nitrogens with two attached hydrogens (primary N) is 3. The number of amides is 5. The van der Waals surface area contributed by atoms with E-state index in [0.717, 1.165) is 6.92 Å². The van der Waals surface area contributed by atoms with Gasteiger partial charge in [0.1, 0.15) is 18.1 Å². The number of hydrogen-bond acceptors (Lipinski definition) is 9. The predicted octanol–water partition coefficient (Wildman–Crippen LogP) is -4.85. The van der Waals surface area contributed by atoms with E-state index in [-0.39, 0.29) is 25.7 Å². The third kappa shape index (κ3) is 11.2. The van der Waals surface area contributed by atoms with E-state index in [2.05, 4.69) is 16.0 Å². The number of carbonyl (C=O) groups excluding carboxylic acids is 5. The highest BCUT2D eigenvalue weighted by molar-refractivity contribution is 5.94. The van der Waals surface area contributed by atoms with Crippen LogP contribution in [0.4, 0.5) is 0 Å². The molecule has 0 aromatic carbocycles. The first-order chi connectivity index (χ1) is 15.2. The molecule has 0 aliphatic carbocycles. The minimum atomic E-state index is -1.67. The Morgan fingerprint density at radius 1 is 0.727 bits per heavy atom. The van der Waals surface area contributed by atoms with Crippen LogP contribution in [0.5, 0.6) is 0 Å². The fourth-order valence-electron chi connectivity index (χ4n) is 2.55. The van der Waals surface area contributed by atoms with E-state index in [4.69, 9.17) is 17.2 Å². The number of carbonyl (C=O) groups is 6. The monoisotopic (exact) mass is 476 g/mol. The summed E-state index contributed by atoms with van der Waals surface area (Å²) >= 11 is 0. The van der Waals surface area contributed by atoms with E-state index in [1.807, 2.05) is 0 Å². The number of aliphatic hydroxyl groups excluding tert-OH is 2. The van der Waals surface area contributed by atoms with Crippen molar-refractivity contribution >= 4 is 35.5 Å². The van der Waals surface area contributed by atoms with Crippen molar-refractivity contribution in [3.8, 4) is 0 Å². The van der Waals surface area contributed by atoms with Gasteiger partial charge in [0.05, 0.1) is 18.2 Å². The first-order valence-corrected chi connectivity index (χ1v) is 9.99. The van der Waals surface area contributed by atoms with Gasteiger partial charge in [-0.15, -0.1) is 0 Å². The minimum Gasteiger partial charge on any atom is -0.480 e. The van der Waals surface area contributed by atoms with Crippen LogP contribution >= 0.6 is 0 Å². The number of carboxylic acid groups (broad SMARTS) is 1. The van der Waals surface area contributed by atoms with Gasteiger partial charge in [0.15, 0.2) is 0 Å². The summed E-state index contributed by atoms with van der Waals surface area (Å²) in [5, 5.41) is 35.4. The van der Waals surface area contributed by atoms with Gasteiger partial charge in [-0.25, -0.2) is 4.79 Å². The van der Waals surface area contributed by atoms with E-state index in [1.54, 1.807) is 0 Å². The largest absolute Gasteiger partial charge is 0.480 e. The van der Waals surface area contributed by atoms with E-state index in [1.165, 1.54) is 6.92 Å². The van der Waals surface area contributed by atoms with Crippen LogP contribution in [0.3, 0.4) is 0 Å². The number of aliphatic carboxylic acids is 1. The molecule has 15 nitrogen and oxygen atoms in total. The SMILES string of the molecule is CC(O)C(NC(=O)C(N)CCC(N)=O)C(=O)NC(C(=O)NC(CCC(N)=O)C(=O)O)C(C)O. The standard InChI is InChI=1S/C18H32N6O9/c1-7(25)13(16(30)22-10(18(32)33)4-6-12(21)28)24-17(31)14(8(2)26)23-15(29)9(19)3-5-11(20)27/h7-10,13-14,25-26H,3-6,19H2,1-2H3,(H2,20,27)(H2,21,28)(H,22,30)(H,23,29)(H,24,31)(H,32,33). The molecule has 12 N–H and O–H groups in total. The first kappa shape index (κ1) is 29.7. The van der Waals surface area contributed by atoms with Crippen LogP contribution in [-0.4, -0.2) is 87.2 Å². The lowest BCUT2D eigenvalue weighted by atomic mass is 10.1. The maximum atomic E-state index is 12.6. The van der Waals surface area contributed by atoms with Crippen molar-refractivity contribution in [3.63, 3.8) is 0 Å². The molecule has 0 bridgehead atoms. The van der Waals surface area contributed by atoms with E-state index in [0.29, 0.717) is 0 Å². The highest BCUT2D eigenvalue weighted by atomic mass is 16.4. The molecule has 0 fully saturated rings. The Morgan fingerprint density at radius 2 is 1.12 bits per heavy atom. The predicted molar refractivity (Wildman–Crippen MR) is 112 cm³/mol. The maximum absolute atomic E-state index is 12.6. The quantitative estimate of drug-likeness (QED) is 0.109. The molecule has 5 amide bonds. The molecule has 0 saturated carbocycles. The zero-order valence-corrected chi connectivity index (χ0v) is 18.3. The molecule has 0 radical (unpaired) electrons. The van der Waals surface area contributed by atoms with E-state index < -0.39 is 71.9 Å². The van der Waals surface area contributed by atoms with Crippen LogP contribution in [0, 0.1) is 0 Å². The number of carboxylic acids is 1. The molecular formula is C18H32N6O9. The average molecular weight is 476 g/mol. The van der Waals surface area contributed by atoms with Crippen LogP contribution in [0.2, 0.25) is 0 Å². The van der Waals surface area contributed by atoms with Gasteiger partial charge >= 0.3 is 5.97 Å². The Bertz CT molecular complexity index is 743. The van der Waals surface area contributed by atoms with Crippen molar-refractivity contribution in [3.05, 3.63) is 0 Å². The summed E-state index contributed by atoms with van der Waals surface area (Å²) < 4.78 is 0. The Morgan fingerprint density at radius 3 is 1.52 bits per heavy atom. The van der Waals surface area contributed by atoms with Crippen LogP contribution in [0.1, 0.15) is 39.5 Å². The summed E-state index contributed by atoms with van der Waals surface area (Å²) in [5.74, 6) is -6.01. The van der Waals surface area contributed by atoms with E-state index >= 15 is 0 Å². The molecule has 0 aliphatic rings. The van der Waals surface area contributed by atoms with Gasteiger partial charge in [-0.1, -0.05) is 0 Å². The van der Waals surface area contributed by atoms with Gasteiger partial charge in [-0.05, 0) is 26.7 Å². The van der Waals surface area contributed by atoms with Crippen molar-refractivity contribution in [1.29, 1.82) is 0 Å². The number of primary amides is 2. The van der Waals surface area contributed by atoms with Crippen molar-refractivity contribution < 1.29 is 44.1 Å². The molecule has 0 rings (SSSR count). The number of hydrogen-bond donors (Lipinski definition) is 9. The summed E-state index contributed by atoms with van der Waals surface area (Å²) in [6, 6.07) is -6.02. The lowest BCUT2D eigenvalue weighted by Crippen LogP contribution is -2.61. The number of rotatable bonds is 15. The second-order valence-electron chi connectivity index (χ2n) is 7.47. The van der Waals surface area contributed by atoms with Crippen molar-refractivity contribution in [2.75, 3.05) is 0 Å². The highest BCUT2D eigenvalue weighted by Gasteiger charge is 2.34. The molecule has 6 atom stereocenters. The fourth-order valence-corrected chi connectivity index (χ4v) is 2.55. The zero-order chi connectivity index (χ0) is 25.9. The third-order valence-corrected chi connectivity index (χ3v) is 4.46. The minimum absolute atomic E-state index is 0.115. The van der Waals surface area contributed by atoms with Crippen molar-refractivity contribution in [2.24, 2.45) is 17.2 Å². The summed E-state index contributed by atoms with van der Waals surface area (Å²) in [7, 11) is 0. The molecule has 0 aromatic heterocycles. The fraction of sp³-hybridized carbons (Fsp3) is 0.667. The Balaban J connectivity index is 5.32. The lowest BCUT2D eigenvalue weighted by Gasteiger charge is -2.27. The second-order valence-corrected chi connectivity index (χ2v) is 7.47. The Hall–Kier alpha value is -3.30. The molecule has 0 spiro atoms. The topological polar surface area (TPSA) is 277 Å². The van der Waals surface area contributed by atoms with Gasteiger partial charge in [0, 0.05) is 12.8 Å². The lowest BCUT2D eigenvalue weighted by molar-refractivity contribution is -0.143. The molecular weight excluding hydrogens is 444 g/mol. The molecule has 0 saturated heterocycles. The van der Waals surface area contributed by atoms with Crippen LogP contribution in [0.15, 0.2) is 0 Å². The average Bonchev–Trinajstić information content (AvgIpc) is 2.69. The molecule has 6 unspecified atom stereocenters. The van der Waals surface area contributed by atoms with E-state index in [9.17, 15) is 44.1 Å². The van der Waals surface area contributed by atoms with Crippen molar-refractivity contribution in [1.82, 2.24) is 16.0 Å². The van der Waals surface area contributed by atoms with Gasteiger partial charge < -0.3 is 48.5 Å². The smallest absolute Gasteiger partial charge is 0.326 e. The summed E-state index contributed by atoms with van der Waals surface area (Å²) in [5.41, 5.74) is 15.6. The summed E-state index contributed by atoms with van der Waals surface area (Å²) in [6.07, 6.45) is -3.94. The maximum Gasteiger partial charge on any atom is 0.326 e. The van der Waals surface area contributed by atoms with Crippen LogP contribution in [-0.2, 0) is 28.8 Å². The molecule has 188 valence electrons. The van der Waals surface area contributed by atoms with Gasteiger partial charge in [0.25, 0.3) is 0 Å². The summed E-state index contributed by atoms with van der Waals surface area (Å²) in [4.78, 5) is 70.2. The molecule has 0 heterocycles. The van der Waals surface area contributed by atoms with Gasteiger partial charge in [-0.2, -0.15) is 0 Å². The highest BCUT2D eigenvalue weighted by Crippen LogP contribution is 2.03. The van der Waals surface area contributed by atoms with Crippen molar-refractivity contribution in [2.45, 2.75) is 75.9 Å². The normalized spacial score (nSPS) is 16.3. The summed E-state index contributed by atoms with van der Waals surface area (Å²) in [6.45, 7) is 2.31. The van der Waals surface area contributed by atoms with Crippen LogP contribution < -0.4 is 33.2 Å². The van der Waals surface area contributed by atoms with Gasteiger partial charge in [-0.3, -0.25) is 24.0 Å². The third-order valence-electron chi connectivity index (χ3n) is 4.46.